The number of aromatic amines is 1. The first-order chi connectivity index (χ1) is 12.2. The molecule has 2 aliphatic rings. The highest BCUT2D eigenvalue weighted by molar-refractivity contribution is 7.99. The molecule has 1 fully saturated rings. The Morgan fingerprint density at radius 3 is 3.08 bits per heavy atom. The minimum absolute atomic E-state index is 0.295. The van der Waals surface area contributed by atoms with Gasteiger partial charge in [0.2, 0.25) is 0 Å². The fraction of sp³-hybridized carbons (Fsp3) is 0.571. The average Bonchev–Trinajstić information content (AvgIpc) is 3.00. The molecule has 2 heterocycles. The molecule has 3 atom stereocenters. The predicted molar refractivity (Wildman–Crippen MR) is 107 cm³/mol. The van der Waals surface area contributed by atoms with Gasteiger partial charge in [0.05, 0.1) is 5.75 Å². The molecular formula is C21H28N2OS. The van der Waals surface area contributed by atoms with Gasteiger partial charge in [-0.15, -0.1) is 0 Å². The number of H-pyrrole nitrogens is 1. The first-order valence-corrected chi connectivity index (χ1v) is 10.7. The molecule has 134 valence electrons. The van der Waals surface area contributed by atoms with Crippen molar-refractivity contribution in [2.75, 3.05) is 24.6 Å². The molecule has 4 rings (SSSR count). The van der Waals surface area contributed by atoms with E-state index < -0.39 is 0 Å². The Morgan fingerprint density at radius 1 is 1.40 bits per heavy atom. The zero-order valence-electron chi connectivity index (χ0n) is 15.3. The molecule has 25 heavy (non-hydrogen) atoms. The molecular weight excluding hydrogens is 328 g/mol. The van der Waals surface area contributed by atoms with Crippen LogP contribution in [0.3, 0.4) is 0 Å². The predicted octanol–water partition coefficient (Wildman–Crippen LogP) is 4.23. The number of carbonyl (C=O) groups is 1. The van der Waals surface area contributed by atoms with E-state index in [0.29, 0.717) is 29.4 Å². The van der Waals surface area contributed by atoms with Crippen molar-refractivity contribution in [1.29, 1.82) is 0 Å². The number of fused-ring (bicyclic) bond motifs is 2. The van der Waals surface area contributed by atoms with Gasteiger partial charge in [-0.2, -0.15) is 11.8 Å². The number of hydrogen-bond acceptors (Lipinski definition) is 3. The molecule has 4 heteroatoms. The molecule has 0 amide bonds. The Kier molecular flexibility index (Phi) is 4.92. The number of nitrogens with one attached hydrogen (secondary N) is 1. The van der Waals surface area contributed by atoms with Gasteiger partial charge in [0.15, 0.2) is 0 Å². The zero-order chi connectivity index (χ0) is 17.4. The molecule has 1 aromatic heterocycles. The average molecular weight is 357 g/mol. The second-order valence-electron chi connectivity index (χ2n) is 7.78. The summed E-state index contributed by atoms with van der Waals surface area (Å²) in [6, 6.07) is 7.41. The van der Waals surface area contributed by atoms with Crippen molar-refractivity contribution >= 4 is 28.4 Å². The summed E-state index contributed by atoms with van der Waals surface area (Å²) in [4.78, 5) is 17.5. The van der Waals surface area contributed by atoms with Crippen LogP contribution in [-0.4, -0.2) is 46.3 Å². The minimum Gasteiger partial charge on any atom is -0.361 e. The first-order valence-electron chi connectivity index (χ1n) is 9.57. The van der Waals surface area contributed by atoms with Gasteiger partial charge < -0.3 is 4.98 Å². The highest BCUT2D eigenvalue weighted by atomic mass is 32.2. The lowest BCUT2D eigenvalue weighted by molar-refractivity contribution is -0.114. The van der Waals surface area contributed by atoms with E-state index in [0.717, 1.165) is 5.75 Å². The summed E-state index contributed by atoms with van der Waals surface area (Å²) >= 11 is 1.82. The van der Waals surface area contributed by atoms with Crippen LogP contribution < -0.4 is 0 Å². The van der Waals surface area contributed by atoms with Crippen LogP contribution in [0.1, 0.15) is 43.7 Å². The van der Waals surface area contributed by atoms with E-state index in [2.05, 4.69) is 41.2 Å². The van der Waals surface area contributed by atoms with Crippen molar-refractivity contribution in [1.82, 2.24) is 9.88 Å². The number of piperidine rings is 1. The molecule has 0 spiro atoms. The van der Waals surface area contributed by atoms with Crippen molar-refractivity contribution in [3.63, 3.8) is 0 Å². The summed E-state index contributed by atoms with van der Waals surface area (Å²) in [5.41, 5.74) is 4.34. The lowest BCUT2D eigenvalue weighted by Gasteiger charge is -2.47. The van der Waals surface area contributed by atoms with Crippen LogP contribution in [-0.2, 0) is 11.2 Å². The lowest BCUT2D eigenvalue weighted by Crippen LogP contribution is -2.50. The minimum atomic E-state index is 0.295. The van der Waals surface area contributed by atoms with Gasteiger partial charge >= 0.3 is 0 Å². The fourth-order valence-corrected chi connectivity index (χ4v) is 5.91. The number of nitrogens with zero attached hydrogens (tertiary/aromatic N) is 1. The number of aromatic nitrogens is 1. The molecule has 0 saturated carbocycles. The SMILES string of the molecule is CCCN1CC(CSCC(C)=O)CC2c3cccc4[nH]cc(c34)C[C@H]21. The Hall–Kier alpha value is -1.26. The summed E-state index contributed by atoms with van der Waals surface area (Å²) in [5, 5.41) is 1.48. The normalized spacial score (nSPS) is 25.9. The van der Waals surface area contributed by atoms with Crippen molar-refractivity contribution in [3.8, 4) is 0 Å². The van der Waals surface area contributed by atoms with Crippen LogP contribution >= 0.6 is 11.8 Å². The van der Waals surface area contributed by atoms with Crippen molar-refractivity contribution in [3.05, 3.63) is 35.5 Å². The van der Waals surface area contributed by atoms with E-state index in [4.69, 9.17) is 0 Å². The molecule has 1 aliphatic carbocycles. The van der Waals surface area contributed by atoms with Gasteiger partial charge in [0.1, 0.15) is 5.78 Å². The number of thioether (sulfide) groups is 1. The van der Waals surface area contributed by atoms with E-state index in [1.807, 2.05) is 11.8 Å². The first kappa shape index (κ1) is 17.2. The van der Waals surface area contributed by atoms with Crippen molar-refractivity contribution < 1.29 is 4.79 Å². The lowest BCUT2D eigenvalue weighted by atomic mass is 9.72. The van der Waals surface area contributed by atoms with E-state index >= 15 is 0 Å². The smallest absolute Gasteiger partial charge is 0.139 e. The van der Waals surface area contributed by atoms with Crippen molar-refractivity contribution in [2.45, 2.75) is 45.1 Å². The van der Waals surface area contributed by atoms with Crippen LogP contribution in [0, 0.1) is 5.92 Å². The third kappa shape index (κ3) is 3.26. The third-order valence-corrected chi connectivity index (χ3v) is 7.15. The number of hydrogen-bond donors (Lipinski definition) is 1. The largest absolute Gasteiger partial charge is 0.361 e. The number of likely N-dealkylation sites (tertiary alicyclic amines) is 1. The van der Waals surface area contributed by atoms with Gasteiger partial charge in [-0.1, -0.05) is 19.1 Å². The maximum atomic E-state index is 11.3. The number of benzene rings is 1. The molecule has 3 nitrogen and oxygen atoms in total. The van der Waals surface area contributed by atoms with Crippen LogP contribution in [0.15, 0.2) is 24.4 Å². The quantitative estimate of drug-likeness (QED) is 0.841. The summed E-state index contributed by atoms with van der Waals surface area (Å²) in [5.74, 6) is 3.39. The zero-order valence-corrected chi connectivity index (χ0v) is 16.1. The van der Waals surface area contributed by atoms with Crippen LogP contribution in [0.2, 0.25) is 0 Å². The molecule has 1 aliphatic heterocycles. The summed E-state index contributed by atoms with van der Waals surface area (Å²) in [7, 11) is 0. The number of ketones is 1. The Balaban J connectivity index is 1.61. The number of rotatable bonds is 6. The standard InChI is InChI=1S/C21H28N2OS/c1-3-7-23-11-15(13-25-12-14(2)24)8-18-17-5-4-6-19-21(17)16(10-22-19)9-20(18)23/h4-6,10,15,18,20,22H,3,7-9,11-13H2,1-2H3/t15?,18?,20-/m1/s1. The van der Waals surface area contributed by atoms with E-state index in [9.17, 15) is 4.79 Å². The second kappa shape index (κ2) is 7.16. The maximum absolute atomic E-state index is 11.3. The number of Topliss-reactive ketones (excluding diaryl/α,β-unsaturated/α-hetero) is 1. The van der Waals surface area contributed by atoms with Crippen LogP contribution in [0.4, 0.5) is 0 Å². The Bertz CT molecular complexity index is 768. The van der Waals surface area contributed by atoms with Gasteiger partial charge in [-0.25, -0.2) is 0 Å². The summed E-state index contributed by atoms with van der Waals surface area (Å²) in [6.07, 6.45) is 5.87. The van der Waals surface area contributed by atoms with E-state index in [1.165, 1.54) is 48.8 Å². The van der Waals surface area contributed by atoms with Gasteiger partial charge in [-0.3, -0.25) is 9.69 Å². The molecule has 1 saturated heterocycles. The van der Waals surface area contributed by atoms with Gasteiger partial charge in [0, 0.05) is 35.6 Å². The van der Waals surface area contributed by atoms with E-state index in [1.54, 1.807) is 12.5 Å². The number of carbonyl (C=O) groups excluding carboxylic acids is 1. The molecule has 2 aromatic rings. The maximum Gasteiger partial charge on any atom is 0.139 e. The van der Waals surface area contributed by atoms with Crippen molar-refractivity contribution in [2.24, 2.45) is 5.92 Å². The molecule has 0 radical (unpaired) electrons. The molecule has 2 unspecified atom stereocenters. The second-order valence-corrected chi connectivity index (χ2v) is 8.81. The van der Waals surface area contributed by atoms with Crippen LogP contribution in [0.5, 0.6) is 0 Å². The topological polar surface area (TPSA) is 36.1 Å². The van der Waals surface area contributed by atoms with Crippen LogP contribution in [0.25, 0.3) is 10.9 Å². The van der Waals surface area contributed by atoms with Gasteiger partial charge in [-0.05, 0) is 61.6 Å². The summed E-state index contributed by atoms with van der Waals surface area (Å²) < 4.78 is 0. The highest BCUT2D eigenvalue weighted by Crippen LogP contribution is 2.45. The highest BCUT2D eigenvalue weighted by Gasteiger charge is 2.40. The van der Waals surface area contributed by atoms with Gasteiger partial charge in [0.25, 0.3) is 0 Å². The Morgan fingerprint density at radius 2 is 2.28 bits per heavy atom. The fourth-order valence-electron chi connectivity index (χ4n) is 4.93. The Labute approximate surface area is 154 Å². The third-order valence-electron chi connectivity index (χ3n) is 5.83. The summed E-state index contributed by atoms with van der Waals surface area (Å²) in [6.45, 7) is 6.36. The molecule has 1 N–H and O–H groups in total. The monoisotopic (exact) mass is 356 g/mol. The van der Waals surface area contributed by atoms with E-state index in [-0.39, 0.29) is 0 Å². The molecule has 1 aromatic carbocycles. The molecule has 0 bridgehead atoms.